The van der Waals surface area contributed by atoms with Gasteiger partial charge in [-0.05, 0) is 77.0 Å². The topological polar surface area (TPSA) is 117 Å². The van der Waals surface area contributed by atoms with E-state index in [-0.39, 0.29) is 32.3 Å². The molecule has 9 heteroatoms. The molecule has 50 heavy (non-hydrogen) atoms. The van der Waals surface area contributed by atoms with Gasteiger partial charge < -0.3 is 20.1 Å². The zero-order valence-electron chi connectivity index (χ0n) is 31.9. The fourth-order valence-corrected chi connectivity index (χ4v) is 5.80. The molecule has 2 atom stereocenters. The first kappa shape index (κ1) is 48.2. The Kier molecular flexibility index (Phi) is 37.0. The summed E-state index contributed by atoms with van der Waals surface area (Å²) < 4.78 is 33.3. The molecule has 0 heterocycles. The fraction of sp³-hybridized carbons (Fsp3) is 0.732. The van der Waals surface area contributed by atoms with Crippen LogP contribution in [-0.4, -0.2) is 49.9 Å². The number of carbonyl (C=O) groups excluding carboxylic acids is 1. The number of hydrogen-bond donors (Lipinski definition) is 2. The predicted octanol–water partition coefficient (Wildman–Crippen LogP) is 11.4. The molecule has 0 rings (SSSR count). The minimum Gasteiger partial charge on any atom is -0.457 e. The smallest absolute Gasteiger partial charge is 0.457 e. The van der Waals surface area contributed by atoms with Crippen molar-refractivity contribution in [3.63, 3.8) is 0 Å². The number of phosphoric acid groups is 1. The lowest BCUT2D eigenvalue weighted by molar-refractivity contribution is -0.154. The molecule has 0 fully saturated rings. The van der Waals surface area contributed by atoms with E-state index in [0.29, 0.717) is 13.0 Å². The van der Waals surface area contributed by atoms with E-state index in [0.717, 1.165) is 89.9 Å². The predicted molar refractivity (Wildman–Crippen MR) is 210 cm³/mol. The van der Waals surface area contributed by atoms with Gasteiger partial charge in [0.15, 0.2) is 0 Å². The Morgan fingerprint density at radius 1 is 0.620 bits per heavy atom. The van der Waals surface area contributed by atoms with Gasteiger partial charge in [-0.2, -0.15) is 0 Å². The Labute approximate surface area is 306 Å². The summed E-state index contributed by atoms with van der Waals surface area (Å²) >= 11 is 0. The molecule has 290 valence electrons. The lowest BCUT2D eigenvalue weighted by Gasteiger charge is -2.20. The minimum atomic E-state index is -4.28. The van der Waals surface area contributed by atoms with Crippen LogP contribution in [0.25, 0.3) is 0 Å². The number of esters is 1. The van der Waals surface area contributed by atoms with Gasteiger partial charge in [-0.25, -0.2) is 4.57 Å². The van der Waals surface area contributed by atoms with Crippen molar-refractivity contribution in [1.82, 2.24) is 0 Å². The molecular formula is C41H74NO7P. The van der Waals surface area contributed by atoms with Crippen molar-refractivity contribution in [2.75, 3.05) is 33.0 Å². The third-order valence-electron chi connectivity index (χ3n) is 7.92. The SMILES string of the molecule is CC/C=C\C/C=C\C/C=C\CCCCCCCCOCC(COP(=O)(O)OCCN)OC(=O)CCCCCCC/C=C\C/C=C\CCCCC. The van der Waals surface area contributed by atoms with E-state index < -0.39 is 13.9 Å². The number of phosphoric ester groups is 1. The largest absolute Gasteiger partial charge is 0.472 e. The number of unbranched alkanes of at least 4 members (excludes halogenated alkanes) is 14. The Balaban J connectivity index is 4.14. The Hall–Kier alpha value is -1.80. The van der Waals surface area contributed by atoms with Crippen LogP contribution in [0.1, 0.15) is 155 Å². The molecule has 2 unspecified atom stereocenters. The quantitative estimate of drug-likeness (QED) is 0.0281. The van der Waals surface area contributed by atoms with Gasteiger partial charge in [-0.3, -0.25) is 13.8 Å². The van der Waals surface area contributed by atoms with Crippen molar-refractivity contribution in [2.45, 2.75) is 161 Å². The number of carbonyl (C=O) groups is 1. The molecule has 0 aliphatic heterocycles. The molecule has 8 nitrogen and oxygen atoms in total. The summed E-state index contributed by atoms with van der Waals surface area (Å²) in [6.07, 6.45) is 45.1. The molecule has 3 N–H and O–H groups in total. The van der Waals surface area contributed by atoms with Crippen LogP contribution in [0, 0.1) is 0 Å². The summed E-state index contributed by atoms with van der Waals surface area (Å²) in [5, 5.41) is 0. The highest BCUT2D eigenvalue weighted by Gasteiger charge is 2.25. The molecule has 0 radical (unpaired) electrons. The zero-order valence-corrected chi connectivity index (χ0v) is 32.8. The number of rotatable bonds is 37. The number of ether oxygens (including phenoxy) is 2. The van der Waals surface area contributed by atoms with Crippen LogP contribution in [0.3, 0.4) is 0 Å². The van der Waals surface area contributed by atoms with E-state index in [1.54, 1.807) is 0 Å². The van der Waals surface area contributed by atoms with Gasteiger partial charge in [0.05, 0.1) is 19.8 Å². The molecule has 0 saturated carbocycles. The first-order valence-electron chi connectivity index (χ1n) is 19.8. The molecule has 0 spiro atoms. The highest BCUT2D eigenvalue weighted by molar-refractivity contribution is 7.47. The van der Waals surface area contributed by atoms with Gasteiger partial charge in [0.2, 0.25) is 0 Å². The average Bonchev–Trinajstić information content (AvgIpc) is 3.10. The van der Waals surface area contributed by atoms with Gasteiger partial charge in [0.1, 0.15) is 6.10 Å². The molecule has 0 aliphatic carbocycles. The van der Waals surface area contributed by atoms with Crippen molar-refractivity contribution >= 4 is 13.8 Å². The third-order valence-corrected chi connectivity index (χ3v) is 8.90. The molecule has 0 aromatic carbocycles. The average molecular weight is 724 g/mol. The summed E-state index contributed by atoms with van der Waals surface area (Å²) in [5.41, 5.74) is 5.35. The van der Waals surface area contributed by atoms with Crippen molar-refractivity contribution in [1.29, 1.82) is 0 Å². The van der Waals surface area contributed by atoms with Crippen LogP contribution < -0.4 is 5.73 Å². The van der Waals surface area contributed by atoms with E-state index in [1.165, 1.54) is 44.9 Å². The van der Waals surface area contributed by atoms with E-state index in [2.05, 4.69) is 74.6 Å². The first-order valence-corrected chi connectivity index (χ1v) is 21.3. The molecule has 0 aromatic rings. The molecular weight excluding hydrogens is 649 g/mol. The van der Waals surface area contributed by atoms with Crippen LogP contribution in [0.2, 0.25) is 0 Å². The molecule has 0 amide bonds. The van der Waals surface area contributed by atoms with Crippen LogP contribution >= 0.6 is 7.82 Å². The van der Waals surface area contributed by atoms with Gasteiger partial charge in [-0.15, -0.1) is 0 Å². The summed E-state index contributed by atoms with van der Waals surface area (Å²) in [6, 6.07) is 0. The maximum Gasteiger partial charge on any atom is 0.472 e. The van der Waals surface area contributed by atoms with Crippen molar-refractivity contribution < 1.29 is 32.8 Å². The zero-order chi connectivity index (χ0) is 36.6. The van der Waals surface area contributed by atoms with E-state index in [4.69, 9.17) is 24.3 Å². The van der Waals surface area contributed by atoms with Crippen LogP contribution in [0.15, 0.2) is 60.8 Å². The standard InChI is InChI=1S/C41H74NO7P/c1-3-5-7-9-11-13-15-17-19-21-23-25-27-29-31-33-36-46-38-40(39-48-50(44,45)47-37-35-42)49-41(43)34-32-30-28-26-24-22-20-18-16-14-12-10-8-6-4-2/h5,7,11-14,17-20,40H,3-4,6,8-10,15-16,21-39,42H2,1-2H3,(H,44,45)/b7-5-,13-11-,14-12-,19-17-,20-18-. The van der Waals surface area contributed by atoms with Crippen molar-refractivity contribution in [3.8, 4) is 0 Å². The van der Waals surface area contributed by atoms with Gasteiger partial charge in [0.25, 0.3) is 0 Å². The second-order valence-electron chi connectivity index (χ2n) is 12.8. The first-order chi connectivity index (χ1) is 24.4. The van der Waals surface area contributed by atoms with Gasteiger partial charge in [-0.1, -0.05) is 132 Å². The normalized spacial score (nSPS) is 14.2. The van der Waals surface area contributed by atoms with Crippen LogP contribution in [0.4, 0.5) is 0 Å². The Bertz CT molecular complexity index is 947. The number of hydrogen-bond acceptors (Lipinski definition) is 7. The number of nitrogens with two attached hydrogens (primary N) is 1. The van der Waals surface area contributed by atoms with Crippen molar-refractivity contribution in [3.05, 3.63) is 60.8 Å². The second-order valence-corrected chi connectivity index (χ2v) is 14.2. The molecule has 0 bridgehead atoms. The van der Waals surface area contributed by atoms with Gasteiger partial charge >= 0.3 is 13.8 Å². The Morgan fingerprint density at radius 3 is 1.68 bits per heavy atom. The molecule has 0 aromatic heterocycles. The third kappa shape index (κ3) is 37.5. The van der Waals surface area contributed by atoms with E-state index in [1.807, 2.05) is 0 Å². The minimum absolute atomic E-state index is 0.0927. The van der Waals surface area contributed by atoms with E-state index >= 15 is 0 Å². The highest BCUT2D eigenvalue weighted by Crippen LogP contribution is 2.43. The molecule has 0 saturated heterocycles. The maximum absolute atomic E-state index is 12.5. The monoisotopic (exact) mass is 724 g/mol. The summed E-state index contributed by atoms with van der Waals surface area (Å²) in [7, 11) is -4.28. The maximum atomic E-state index is 12.5. The van der Waals surface area contributed by atoms with Gasteiger partial charge in [0, 0.05) is 19.6 Å². The second kappa shape index (κ2) is 38.4. The highest BCUT2D eigenvalue weighted by atomic mass is 31.2. The lowest BCUT2D eigenvalue weighted by Crippen LogP contribution is -2.28. The summed E-state index contributed by atoms with van der Waals surface area (Å²) in [6.45, 7) is 4.71. The molecule has 0 aliphatic rings. The van der Waals surface area contributed by atoms with Crippen molar-refractivity contribution in [2.24, 2.45) is 5.73 Å². The lowest BCUT2D eigenvalue weighted by atomic mass is 10.1. The fourth-order valence-electron chi connectivity index (χ4n) is 5.04. The van der Waals surface area contributed by atoms with E-state index in [9.17, 15) is 14.3 Å². The number of allylic oxidation sites excluding steroid dienone is 10. The van der Waals surface area contributed by atoms with Crippen LogP contribution in [0.5, 0.6) is 0 Å². The summed E-state index contributed by atoms with van der Waals surface area (Å²) in [5.74, 6) is -0.352. The van der Waals surface area contributed by atoms with Crippen LogP contribution in [-0.2, 0) is 27.9 Å². The Morgan fingerprint density at radius 2 is 1.12 bits per heavy atom. The summed E-state index contributed by atoms with van der Waals surface area (Å²) in [4.78, 5) is 22.4.